The Bertz CT molecular complexity index is 607. The molecule has 0 unspecified atom stereocenters. The summed E-state index contributed by atoms with van der Waals surface area (Å²) in [5.41, 5.74) is 7.05. The Morgan fingerprint density at radius 2 is 1.87 bits per heavy atom. The lowest BCUT2D eigenvalue weighted by atomic mass is 9.70. The van der Waals surface area contributed by atoms with E-state index < -0.39 is 0 Å². The number of nitriles is 1. The number of rotatable bonds is 3. The van der Waals surface area contributed by atoms with Crippen LogP contribution >= 0.6 is 11.6 Å². The summed E-state index contributed by atoms with van der Waals surface area (Å²) in [6, 6.07) is 10.3. The summed E-state index contributed by atoms with van der Waals surface area (Å²) >= 11 is 5.93. The maximum Gasteiger partial charge on any atom is 0.191 e. The molecule has 0 aromatic heterocycles. The molecule has 1 heterocycles. The van der Waals surface area contributed by atoms with Crippen LogP contribution in [0, 0.1) is 16.7 Å². The first-order chi connectivity index (χ1) is 11.1. The van der Waals surface area contributed by atoms with Gasteiger partial charge in [0.15, 0.2) is 5.96 Å². The molecule has 23 heavy (non-hydrogen) atoms. The van der Waals surface area contributed by atoms with Crippen LogP contribution in [0.25, 0.3) is 0 Å². The van der Waals surface area contributed by atoms with Crippen molar-refractivity contribution in [1.29, 1.82) is 5.26 Å². The van der Waals surface area contributed by atoms with Crippen molar-refractivity contribution in [2.45, 2.75) is 19.3 Å². The molecule has 0 atom stereocenters. The standard InChI is InChI=1S/C17H22ClN5/c18-14-2-4-15(5-3-14)22-8-10-23(11-9-22)16(20)21-13-17(12-19)6-1-7-17/h2-5H,1,6-11,13H2,(H2,20,21). The topological polar surface area (TPSA) is 68.6 Å². The van der Waals surface area contributed by atoms with Gasteiger partial charge in [0.1, 0.15) is 0 Å². The summed E-state index contributed by atoms with van der Waals surface area (Å²) in [4.78, 5) is 8.91. The number of nitrogens with two attached hydrogens (primary N) is 1. The number of anilines is 1. The smallest absolute Gasteiger partial charge is 0.191 e. The Labute approximate surface area is 142 Å². The molecule has 1 saturated heterocycles. The van der Waals surface area contributed by atoms with Gasteiger partial charge < -0.3 is 15.5 Å². The maximum atomic E-state index is 9.25. The zero-order valence-corrected chi connectivity index (χ0v) is 14.0. The van der Waals surface area contributed by atoms with Gasteiger partial charge in [-0.05, 0) is 37.1 Å². The Morgan fingerprint density at radius 3 is 2.39 bits per heavy atom. The van der Waals surface area contributed by atoms with Crippen molar-refractivity contribution < 1.29 is 0 Å². The molecule has 2 fully saturated rings. The first-order valence-corrected chi connectivity index (χ1v) is 8.46. The quantitative estimate of drug-likeness (QED) is 0.682. The number of piperazine rings is 1. The SMILES string of the molecule is N#CC1(CN=C(N)N2CCN(c3ccc(Cl)cc3)CC2)CCC1. The van der Waals surface area contributed by atoms with Crippen molar-refractivity contribution in [2.75, 3.05) is 37.6 Å². The van der Waals surface area contributed by atoms with E-state index in [1.165, 1.54) is 5.69 Å². The summed E-state index contributed by atoms with van der Waals surface area (Å²) in [7, 11) is 0. The fraction of sp³-hybridized carbons (Fsp3) is 0.529. The second-order valence-corrected chi connectivity index (χ2v) is 6.81. The lowest BCUT2D eigenvalue weighted by Gasteiger charge is -2.37. The zero-order valence-electron chi connectivity index (χ0n) is 13.2. The van der Waals surface area contributed by atoms with Crippen LogP contribution in [0.2, 0.25) is 5.02 Å². The molecule has 1 saturated carbocycles. The van der Waals surface area contributed by atoms with Gasteiger partial charge in [0, 0.05) is 36.9 Å². The van der Waals surface area contributed by atoms with Crippen molar-refractivity contribution in [3.8, 4) is 6.07 Å². The zero-order chi connectivity index (χ0) is 16.3. The molecule has 1 aromatic rings. The molecule has 0 amide bonds. The lowest BCUT2D eigenvalue weighted by Crippen LogP contribution is -2.51. The van der Waals surface area contributed by atoms with Crippen molar-refractivity contribution in [3.05, 3.63) is 29.3 Å². The fourth-order valence-corrected chi connectivity index (χ4v) is 3.21. The van der Waals surface area contributed by atoms with Crippen LogP contribution in [0.1, 0.15) is 19.3 Å². The van der Waals surface area contributed by atoms with E-state index in [-0.39, 0.29) is 5.41 Å². The minimum absolute atomic E-state index is 0.254. The van der Waals surface area contributed by atoms with Gasteiger partial charge in [-0.15, -0.1) is 0 Å². The summed E-state index contributed by atoms with van der Waals surface area (Å²) < 4.78 is 0. The molecule has 122 valence electrons. The van der Waals surface area contributed by atoms with Crippen molar-refractivity contribution in [3.63, 3.8) is 0 Å². The fourth-order valence-electron chi connectivity index (χ4n) is 3.09. The lowest BCUT2D eigenvalue weighted by molar-refractivity contribution is 0.225. The highest BCUT2D eigenvalue weighted by Crippen LogP contribution is 2.40. The molecule has 0 bridgehead atoms. The van der Waals surface area contributed by atoms with E-state index in [1.807, 2.05) is 24.3 Å². The van der Waals surface area contributed by atoms with E-state index in [2.05, 4.69) is 20.9 Å². The predicted molar refractivity (Wildman–Crippen MR) is 93.6 cm³/mol. The van der Waals surface area contributed by atoms with Crippen LogP contribution in [0.3, 0.4) is 0 Å². The van der Waals surface area contributed by atoms with Crippen LogP contribution in [-0.2, 0) is 0 Å². The van der Waals surface area contributed by atoms with Gasteiger partial charge in [0.25, 0.3) is 0 Å². The molecule has 0 radical (unpaired) electrons. The Hall–Kier alpha value is -1.93. The molecule has 3 rings (SSSR count). The third-order valence-corrected chi connectivity index (χ3v) is 5.14. The second-order valence-electron chi connectivity index (χ2n) is 6.37. The predicted octanol–water partition coefficient (Wildman–Crippen LogP) is 2.47. The van der Waals surface area contributed by atoms with Crippen LogP contribution in [-0.4, -0.2) is 43.6 Å². The number of benzene rings is 1. The van der Waals surface area contributed by atoms with Crippen molar-refractivity contribution >= 4 is 23.2 Å². The van der Waals surface area contributed by atoms with E-state index in [9.17, 15) is 5.26 Å². The van der Waals surface area contributed by atoms with Gasteiger partial charge in [-0.25, -0.2) is 0 Å². The third-order valence-electron chi connectivity index (χ3n) is 4.89. The highest BCUT2D eigenvalue weighted by Gasteiger charge is 2.37. The molecule has 1 aliphatic carbocycles. The van der Waals surface area contributed by atoms with Crippen LogP contribution < -0.4 is 10.6 Å². The van der Waals surface area contributed by atoms with E-state index in [4.69, 9.17) is 17.3 Å². The molecule has 6 heteroatoms. The number of hydrogen-bond donors (Lipinski definition) is 1. The van der Waals surface area contributed by atoms with E-state index in [0.717, 1.165) is 50.5 Å². The van der Waals surface area contributed by atoms with Crippen LogP contribution in [0.4, 0.5) is 5.69 Å². The monoisotopic (exact) mass is 331 g/mol. The first kappa shape index (κ1) is 15.9. The maximum absolute atomic E-state index is 9.25. The first-order valence-electron chi connectivity index (χ1n) is 8.09. The Morgan fingerprint density at radius 1 is 1.22 bits per heavy atom. The molecule has 2 aliphatic rings. The number of halogens is 1. The molecular weight excluding hydrogens is 310 g/mol. The normalized spacial score (nSPS) is 20.8. The van der Waals surface area contributed by atoms with Crippen LogP contribution in [0.5, 0.6) is 0 Å². The number of aliphatic imine (C=N–C) groups is 1. The summed E-state index contributed by atoms with van der Waals surface area (Å²) in [6.45, 7) is 4.03. The van der Waals surface area contributed by atoms with Crippen molar-refractivity contribution in [2.24, 2.45) is 16.1 Å². The number of guanidine groups is 1. The molecule has 2 N–H and O–H groups in total. The van der Waals surface area contributed by atoms with Gasteiger partial charge in [-0.3, -0.25) is 4.99 Å². The summed E-state index contributed by atoms with van der Waals surface area (Å²) in [5, 5.41) is 10.0. The van der Waals surface area contributed by atoms with Crippen molar-refractivity contribution in [1.82, 2.24) is 4.90 Å². The minimum atomic E-state index is -0.254. The van der Waals surface area contributed by atoms with E-state index in [1.54, 1.807) is 0 Å². The van der Waals surface area contributed by atoms with E-state index in [0.29, 0.717) is 12.5 Å². The molecule has 1 aromatic carbocycles. The molecule has 5 nitrogen and oxygen atoms in total. The van der Waals surface area contributed by atoms with Gasteiger partial charge in [0.05, 0.1) is 18.0 Å². The molecular formula is C17H22ClN5. The Kier molecular flexibility index (Phi) is 4.63. The average molecular weight is 332 g/mol. The van der Waals surface area contributed by atoms with Gasteiger partial charge in [-0.1, -0.05) is 18.0 Å². The average Bonchev–Trinajstić information content (AvgIpc) is 2.55. The minimum Gasteiger partial charge on any atom is -0.370 e. The molecule has 1 aliphatic heterocycles. The number of hydrogen-bond acceptors (Lipinski definition) is 3. The summed E-state index contributed by atoms with van der Waals surface area (Å²) in [5.74, 6) is 0.572. The second kappa shape index (κ2) is 6.67. The number of nitrogens with zero attached hydrogens (tertiary/aromatic N) is 4. The largest absolute Gasteiger partial charge is 0.370 e. The highest BCUT2D eigenvalue weighted by molar-refractivity contribution is 6.30. The third kappa shape index (κ3) is 3.53. The summed E-state index contributed by atoms with van der Waals surface area (Å²) in [6.07, 6.45) is 3.03. The highest BCUT2D eigenvalue weighted by atomic mass is 35.5. The van der Waals surface area contributed by atoms with Crippen LogP contribution in [0.15, 0.2) is 29.3 Å². The molecule has 0 spiro atoms. The van der Waals surface area contributed by atoms with Gasteiger partial charge >= 0.3 is 0 Å². The van der Waals surface area contributed by atoms with E-state index >= 15 is 0 Å². The Balaban J connectivity index is 1.54. The van der Waals surface area contributed by atoms with Gasteiger partial charge in [-0.2, -0.15) is 5.26 Å². The van der Waals surface area contributed by atoms with Gasteiger partial charge in [0.2, 0.25) is 0 Å².